The van der Waals surface area contributed by atoms with E-state index in [0.717, 1.165) is 46.1 Å². The molecule has 1 aliphatic heterocycles. The Morgan fingerprint density at radius 1 is 1.16 bits per heavy atom. The molecule has 4 heteroatoms. The van der Waals surface area contributed by atoms with Gasteiger partial charge in [0.15, 0.2) is 0 Å². The Labute approximate surface area is 122 Å². The van der Waals surface area contributed by atoms with Gasteiger partial charge in [-0.25, -0.2) is 9.97 Å². The molecule has 3 rings (SSSR count). The van der Waals surface area contributed by atoms with Crippen LogP contribution in [0.2, 0.25) is 0 Å². The number of para-hydroxylation sites is 1. The van der Waals surface area contributed by atoms with Crippen molar-refractivity contribution in [1.82, 2.24) is 9.97 Å². The summed E-state index contributed by atoms with van der Waals surface area (Å²) < 4.78 is 1.03. The molecule has 1 fully saturated rings. The van der Waals surface area contributed by atoms with Crippen molar-refractivity contribution >= 4 is 32.7 Å². The number of anilines is 1. The number of halogens is 1. The molecule has 1 aromatic heterocycles. The highest BCUT2D eigenvalue weighted by atomic mass is 79.9. The Balaban J connectivity index is 2.07. The van der Waals surface area contributed by atoms with Crippen molar-refractivity contribution in [2.75, 3.05) is 18.0 Å². The molecule has 0 amide bonds. The van der Waals surface area contributed by atoms with Crippen molar-refractivity contribution in [3.05, 3.63) is 29.0 Å². The van der Waals surface area contributed by atoms with Gasteiger partial charge in [-0.05, 0) is 46.3 Å². The third kappa shape index (κ3) is 2.46. The van der Waals surface area contributed by atoms with Gasteiger partial charge in [0.25, 0.3) is 0 Å². The van der Waals surface area contributed by atoms with E-state index in [1.807, 2.05) is 6.07 Å². The lowest BCUT2D eigenvalue weighted by molar-refractivity contribution is 0.356. The number of aromatic nitrogens is 2. The molecule has 1 saturated heterocycles. The van der Waals surface area contributed by atoms with Gasteiger partial charge in [-0.15, -0.1) is 0 Å². The van der Waals surface area contributed by atoms with E-state index in [2.05, 4.69) is 56.8 Å². The van der Waals surface area contributed by atoms with Gasteiger partial charge >= 0.3 is 0 Å². The Bertz CT molecular complexity index is 589. The second-order valence-electron chi connectivity index (χ2n) is 5.68. The number of hydrogen-bond acceptors (Lipinski definition) is 3. The lowest BCUT2D eigenvalue weighted by Crippen LogP contribution is -2.39. The molecule has 0 bridgehead atoms. The van der Waals surface area contributed by atoms with Gasteiger partial charge in [0.2, 0.25) is 0 Å². The van der Waals surface area contributed by atoms with Crippen molar-refractivity contribution in [3.8, 4) is 0 Å². The summed E-state index contributed by atoms with van der Waals surface area (Å²) in [7, 11) is 0. The minimum atomic E-state index is 0.723. The first-order chi connectivity index (χ1) is 9.15. The Hall–Kier alpha value is -1.16. The summed E-state index contributed by atoms with van der Waals surface area (Å²) in [6.07, 6.45) is 2.98. The van der Waals surface area contributed by atoms with E-state index >= 15 is 0 Å². The lowest BCUT2D eigenvalue weighted by Gasteiger charge is -2.36. The molecule has 2 unspecified atom stereocenters. The maximum atomic E-state index is 4.53. The average molecular weight is 320 g/mol. The van der Waals surface area contributed by atoms with E-state index in [4.69, 9.17) is 0 Å². The molecule has 0 spiro atoms. The molecule has 1 aromatic carbocycles. The van der Waals surface area contributed by atoms with Crippen LogP contribution in [0.5, 0.6) is 0 Å². The second kappa shape index (κ2) is 5.08. The summed E-state index contributed by atoms with van der Waals surface area (Å²) in [6.45, 7) is 6.82. The lowest BCUT2D eigenvalue weighted by atomic mass is 9.92. The third-order valence-electron chi connectivity index (χ3n) is 3.76. The van der Waals surface area contributed by atoms with Crippen molar-refractivity contribution in [3.63, 3.8) is 0 Å². The zero-order valence-electron chi connectivity index (χ0n) is 11.3. The van der Waals surface area contributed by atoms with E-state index in [-0.39, 0.29) is 0 Å². The second-order valence-corrected chi connectivity index (χ2v) is 6.54. The topological polar surface area (TPSA) is 29.0 Å². The van der Waals surface area contributed by atoms with Crippen LogP contribution in [-0.4, -0.2) is 23.1 Å². The maximum Gasteiger partial charge on any atom is 0.139 e. The molecule has 100 valence electrons. The van der Waals surface area contributed by atoms with Crippen LogP contribution in [0.15, 0.2) is 29.0 Å². The van der Waals surface area contributed by atoms with Crippen LogP contribution >= 0.6 is 15.9 Å². The van der Waals surface area contributed by atoms with Gasteiger partial charge in [-0.2, -0.15) is 0 Å². The first-order valence-electron chi connectivity index (χ1n) is 6.79. The Morgan fingerprint density at radius 2 is 1.89 bits per heavy atom. The fourth-order valence-corrected chi connectivity index (χ4v) is 3.59. The van der Waals surface area contributed by atoms with Crippen LogP contribution < -0.4 is 4.90 Å². The average Bonchev–Trinajstić information content (AvgIpc) is 2.37. The molecule has 2 aromatic rings. The van der Waals surface area contributed by atoms with E-state index in [1.54, 1.807) is 6.33 Å². The fraction of sp³-hybridized carbons (Fsp3) is 0.467. The van der Waals surface area contributed by atoms with Gasteiger partial charge in [0.1, 0.15) is 12.1 Å². The van der Waals surface area contributed by atoms with Crippen LogP contribution in [0.3, 0.4) is 0 Å². The number of piperidine rings is 1. The van der Waals surface area contributed by atoms with Gasteiger partial charge in [0.05, 0.1) is 5.52 Å². The summed E-state index contributed by atoms with van der Waals surface area (Å²) in [6, 6.07) is 6.19. The standard InChI is InChI=1S/C15H18BrN3/c1-10-6-11(2)8-19(7-10)15-12-4-3-5-13(16)14(12)17-9-18-15/h3-5,9-11H,6-8H2,1-2H3. The first-order valence-corrected chi connectivity index (χ1v) is 7.58. The summed E-state index contributed by atoms with van der Waals surface area (Å²) in [5.74, 6) is 2.52. The Morgan fingerprint density at radius 3 is 2.63 bits per heavy atom. The van der Waals surface area contributed by atoms with Crippen LogP contribution in [0.4, 0.5) is 5.82 Å². The number of fused-ring (bicyclic) bond motifs is 1. The van der Waals surface area contributed by atoms with Gasteiger partial charge in [-0.3, -0.25) is 0 Å². The highest BCUT2D eigenvalue weighted by molar-refractivity contribution is 9.10. The largest absolute Gasteiger partial charge is 0.355 e. The van der Waals surface area contributed by atoms with E-state index < -0.39 is 0 Å². The molecular formula is C15H18BrN3. The molecule has 2 heterocycles. The molecule has 0 aliphatic carbocycles. The number of nitrogens with zero attached hydrogens (tertiary/aromatic N) is 3. The molecular weight excluding hydrogens is 302 g/mol. The van der Waals surface area contributed by atoms with Crippen LogP contribution in [-0.2, 0) is 0 Å². The SMILES string of the molecule is CC1CC(C)CN(c2ncnc3c(Br)cccc23)C1. The summed E-state index contributed by atoms with van der Waals surface area (Å²) >= 11 is 3.57. The number of rotatable bonds is 1. The number of hydrogen-bond donors (Lipinski definition) is 0. The molecule has 1 aliphatic rings. The molecule has 0 saturated carbocycles. The van der Waals surface area contributed by atoms with Crippen molar-refractivity contribution < 1.29 is 0 Å². The molecule has 0 N–H and O–H groups in total. The maximum absolute atomic E-state index is 4.53. The monoisotopic (exact) mass is 319 g/mol. The molecule has 2 atom stereocenters. The van der Waals surface area contributed by atoms with E-state index in [1.165, 1.54) is 6.42 Å². The summed E-state index contributed by atoms with van der Waals surface area (Å²) in [5.41, 5.74) is 0.998. The first kappa shape index (κ1) is 12.9. The van der Waals surface area contributed by atoms with Gasteiger partial charge in [-0.1, -0.05) is 19.9 Å². The third-order valence-corrected chi connectivity index (χ3v) is 4.40. The van der Waals surface area contributed by atoms with Crippen LogP contribution in [0.25, 0.3) is 10.9 Å². The minimum Gasteiger partial charge on any atom is -0.355 e. The van der Waals surface area contributed by atoms with E-state index in [0.29, 0.717) is 0 Å². The van der Waals surface area contributed by atoms with Crippen molar-refractivity contribution in [1.29, 1.82) is 0 Å². The minimum absolute atomic E-state index is 0.723. The zero-order valence-corrected chi connectivity index (χ0v) is 12.9. The molecule has 19 heavy (non-hydrogen) atoms. The number of benzene rings is 1. The Kier molecular flexibility index (Phi) is 3.44. The van der Waals surface area contributed by atoms with Crippen LogP contribution in [0, 0.1) is 11.8 Å². The summed E-state index contributed by atoms with van der Waals surface area (Å²) in [4.78, 5) is 11.3. The van der Waals surface area contributed by atoms with E-state index in [9.17, 15) is 0 Å². The highest BCUT2D eigenvalue weighted by Gasteiger charge is 2.24. The van der Waals surface area contributed by atoms with Gasteiger partial charge in [0, 0.05) is 22.9 Å². The highest BCUT2D eigenvalue weighted by Crippen LogP contribution is 2.31. The summed E-state index contributed by atoms with van der Waals surface area (Å²) in [5, 5.41) is 1.14. The molecule has 0 radical (unpaired) electrons. The predicted molar refractivity (Wildman–Crippen MR) is 82.4 cm³/mol. The van der Waals surface area contributed by atoms with Gasteiger partial charge < -0.3 is 4.90 Å². The fourth-order valence-electron chi connectivity index (χ4n) is 3.13. The zero-order chi connectivity index (χ0) is 13.4. The smallest absolute Gasteiger partial charge is 0.139 e. The van der Waals surface area contributed by atoms with Crippen LogP contribution in [0.1, 0.15) is 20.3 Å². The predicted octanol–water partition coefficient (Wildman–Crippen LogP) is 3.87. The van der Waals surface area contributed by atoms with Crippen molar-refractivity contribution in [2.45, 2.75) is 20.3 Å². The van der Waals surface area contributed by atoms with Crippen molar-refractivity contribution in [2.24, 2.45) is 11.8 Å². The normalized spacial score (nSPS) is 23.8. The quantitative estimate of drug-likeness (QED) is 0.798. The molecule has 3 nitrogen and oxygen atoms in total.